The van der Waals surface area contributed by atoms with E-state index in [0.29, 0.717) is 15.7 Å². The van der Waals surface area contributed by atoms with E-state index >= 15 is 0 Å². The maximum atomic E-state index is 6.61. The van der Waals surface area contributed by atoms with E-state index in [1.807, 2.05) is 0 Å². The minimum atomic E-state index is -2.26. The molecule has 3 nitrogen and oxygen atoms in total. The molecule has 0 bridgehead atoms. The van der Waals surface area contributed by atoms with Crippen molar-refractivity contribution in [2.24, 2.45) is 0 Å². The molecular formula is C16H32O3Si4. The van der Waals surface area contributed by atoms with Crippen molar-refractivity contribution >= 4 is 35.2 Å². The highest BCUT2D eigenvalue weighted by atomic mass is 28.5. The molecule has 2 atom stereocenters. The van der Waals surface area contributed by atoms with E-state index in [2.05, 4.69) is 83.1 Å². The van der Waals surface area contributed by atoms with E-state index in [1.54, 1.807) is 0 Å². The molecule has 1 rings (SSSR count). The Bertz CT molecular complexity index is 476. The molecule has 0 amide bonds. The lowest BCUT2D eigenvalue weighted by Gasteiger charge is -2.39. The second-order valence-electron chi connectivity index (χ2n) is 7.67. The molecule has 0 saturated carbocycles. The van der Waals surface area contributed by atoms with Crippen LogP contribution in [0.2, 0.25) is 51.9 Å². The van der Waals surface area contributed by atoms with Crippen molar-refractivity contribution in [3.05, 3.63) is 35.9 Å². The lowest BCUT2D eigenvalue weighted by Crippen LogP contribution is -2.54. The SMILES string of the molecule is C[Si]O[Si](C)(CC(C)c1ccccc1)O[Si](C)(C)O[Si](C)(C)C. The van der Waals surface area contributed by atoms with Crippen LogP contribution in [0.3, 0.4) is 0 Å². The van der Waals surface area contributed by atoms with Gasteiger partial charge in [-0.05, 0) is 63.4 Å². The fourth-order valence-electron chi connectivity index (χ4n) is 3.05. The van der Waals surface area contributed by atoms with Crippen molar-refractivity contribution in [1.82, 2.24) is 0 Å². The summed E-state index contributed by atoms with van der Waals surface area (Å²) in [5.74, 6) is 0.431. The van der Waals surface area contributed by atoms with Gasteiger partial charge in [0.15, 0.2) is 8.32 Å². The van der Waals surface area contributed by atoms with Crippen LogP contribution in [-0.2, 0) is 12.3 Å². The minimum absolute atomic E-state index is 0.431. The van der Waals surface area contributed by atoms with Crippen LogP contribution in [0.4, 0.5) is 0 Å². The molecule has 0 aromatic heterocycles. The third-order valence-electron chi connectivity index (χ3n) is 3.38. The van der Waals surface area contributed by atoms with Gasteiger partial charge >= 0.3 is 17.1 Å². The van der Waals surface area contributed by atoms with E-state index in [0.717, 1.165) is 6.04 Å². The van der Waals surface area contributed by atoms with Gasteiger partial charge in [0.2, 0.25) is 9.76 Å². The van der Waals surface area contributed by atoms with Crippen molar-refractivity contribution < 1.29 is 12.3 Å². The van der Waals surface area contributed by atoms with Crippen LogP contribution in [-0.4, -0.2) is 35.2 Å². The number of hydrogen-bond acceptors (Lipinski definition) is 3. The third kappa shape index (κ3) is 8.06. The van der Waals surface area contributed by atoms with Crippen molar-refractivity contribution in [1.29, 1.82) is 0 Å². The van der Waals surface area contributed by atoms with Crippen molar-refractivity contribution in [2.75, 3.05) is 0 Å². The Labute approximate surface area is 148 Å². The molecular weight excluding hydrogens is 353 g/mol. The Kier molecular flexibility index (Phi) is 7.65. The largest absolute Gasteiger partial charge is 0.437 e. The van der Waals surface area contributed by atoms with Gasteiger partial charge in [0.05, 0.1) is 0 Å². The first kappa shape index (κ1) is 21.0. The molecule has 0 aliphatic rings. The van der Waals surface area contributed by atoms with Crippen LogP contribution >= 0.6 is 0 Å². The lowest BCUT2D eigenvalue weighted by atomic mass is 10.0. The zero-order valence-corrected chi connectivity index (χ0v) is 19.9. The molecule has 0 N–H and O–H groups in total. The highest BCUT2D eigenvalue weighted by Gasteiger charge is 2.42. The monoisotopic (exact) mass is 384 g/mol. The van der Waals surface area contributed by atoms with Crippen LogP contribution in [0.1, 0.15) is 18.4 Å². The van der Waals surface area contributed by atoms with Gasteiger partial charge in [-0.1, -0.05) is 37.3 Å². The number of benzene rings is 1. The fourth-order valence-corrected chi connectivity index (χ4v) is 17.9. The molecule has 0 heterocycles. The summed E-state index contributed by atoms with van der Waals surface area (Å²) in [5.41, 5.74) is 1.35. The van der Waals surface area contributed by atoms with E-state index in [-0.39, 0.29) is 0 Å². The predicted octanol–water partition coefficient (Wildman–Crippen LogP) is 5.12. The molecule has 0 fully saturated rings. The maximum absolute atomic E-state index is 6.61. The highest BCUT2D eigenvalue weighted by molar-refractivity contribution is 6.87. The van der Waals surface area contributed by atoms with Gasteiger partial charge in [0.25, 0.3) is 0 Å². The molecule has 1 aromatic rings. The van der Waals surface area contributed by atoms with Crippen LogP contribution < -0.4 is 0 Å². The summed E-state index contributed by atoms with van der Waals surface area (Å²) in [6.45, 7) is 17.5. The van der Waals surface area contributed by atoms with Crippen molar-refractivity contribution in [3.8, 4) is 0 Å². The van der Waals surface area contributed by atoms with E-state index in [1.165, 1.54) is 5.56 Å². The summed E-state index contributed by atoms with van der Waals surface area (Å²) in [7, 11) is -5.59. The highest BCUT2D eigenvalue weighted by Crippen LogP contribution is 2.30. The Hall–Kier alpha value is -0.0325. The Morgan fingerprint density at radius 1 is 0.957 bits per heavy atom. The van der Waals surface area contributed by atoms with Crippen LogP contribution in [0.5, 0.6) is 0 Å². The van der Waals surface area contributed by atoms with Gasteiger partial charge in [-0.15, -0.1) is 0 Å². The number of rotatable bonds is 9. The van der Waals surface area contributed by atoms with Crippen LogP contribution in [0, 0.1) is 0 Å². The molecule has 0 aliphatic carbocycles. The molecule has 0 aliphatic heterocycles. The molecule has 2 unspecified atom stereocenters. The van der Waals surface area contributed by atoms with Gasteiger partial charge in [-0.3, -0.25) is 0 Å². The lowest BCUT2D eigenvalue weighted by molar-refractivity contribution is 0.329. The maximum Gasteiger partial charge on any atom is 0.316 e. The predicted molar refractivity (Wildman–Crippen MR) is 107 cm³/mol. The first-order valence-corrected chi connectivity index (χ1v) is 18.4. The Morgan fingerprint density at radius 3 is 2.00 bits per heavy atom. The summed E-state index contributed by atoms with van der Waals surface area (Å²) >= 11 is 0. The fraction of sp³-hybridized carbons (Fsp3) is 0.625. The first-order chi connectivity index (χ1) is 10.5. The molecule has 130 valence electrons. The summed E-state index contributed by atoms with van der Waals surface area (Å²) in [4.78, 5) is 0. The van der Waals surface area contributed by atoms with Gasteiger partial charge in [-0.2, -0.15) is 0 Å². The van der Waals surface area contributed by atoms with Gasteiger partial charge in [-0.25, -0.2) is 0 Å². The molecule has 1 aromatic carbocycles. The molecule has 23 heavy (non-hydrogen) atoms. The average molecular weight is 385 g/mol. The summed E-state index contributed by atoms with van der Waals surface area (Å²) in [5, 5.41) is 0. The molecule has 0 spiro atoms. The van der Waals surface area contributed by atoms with Crippen molar-refractivity contribution in [3.63, 3.8) is 0 Å². The van der Waals surface area contributed by atoms with Crippen LogP contribution in [0.25, 0.3) is 0 Å². The average Bonchev–Trinajstić information content (AvgIpc) is 2.35. The zero-order chi connectivity index (χ0) is 17.7. The standard InChI is InChI=1S/C16H32O3Si4/c1-15(16-12-10-9-11-13-16)14-23(8,17-20-2)19-22(6,7)18-21(3,4)5/h9-13,15H,14H2,1-8H3. The molecule has 2 radical (unpaired) electrons. The van der Waals surface area contributed by atoms with Gasteiger partial charge in [0, 0.05) is 0 Å². The second-order valence-corrected chi connectivity index (χ2v) is 20.2. The van der Waals surface area contributed by atoms with E-state index in [9.17, 15) is 0 Å². The summed E-state index contributed by atoms with van der Waals surface area (Å²) in [6, 6.07) is 11.6. The first-order valence-electron chi connectivity index (χ1n) is 8.26. The van der Waals surface area contributed by atoms with E-state index < -0.39 is 25.4 Å². The summed E-state index contributed by atoms with van der Waals surface area (Å²) < 4.78 is 19.2. The second kappa shape index (κ2) is 8.37. The Morgan fingerprint density at radius 2 is 1.52 bits per heavy atom. The topological polar surface area (TPSA) is 27.7 Å². The molecule has 0 saturated heterocycles. The van der Waals surface area contributed by atoms with Gasteiger partial charge < -0.3 is 12.3 Å². The number of hydrogen-bond donors (Lipinski definition) is 0. The zero-order valence-electron chi connectivity index (χ0n) is 15.9. The molecule has 7 heteroatoms. The third-order valence-corrected chi connectivity index (χ3v) is 15.4. The smallest absolute Gasteiger partial charge is 0.316 e. The van der Waals surface area contributed by atoms with E-state index in [4.69, 9.17) is 12.3 Å². The normalized spacial score (nSPS) is 16.9. The summed E-state index contributed by atoms with van der Waals surface area (Å²) in [6.07, 6.45) is 0. The van der Waals surface area contributed by atoms with Crippen molar-refractivity contribution in [2.45, 2.75) is 64.7 Å². The quantitative estimate of drug-likeness (QED) is 0.553. The van der Waals surface area contributed by atoms with Crippen LogP contribution in [0.15, 0.2) is 30.3 Å². The minimum Gasteiger partial charge on any atom is -0.437 e. The van der Waals surface area contributed by atoms with Gasteiger partial charge in [0.1, 0.15) is 0 Å². The Balaban J connectivity index is 2.85.